The second-order valence-electron chi connectivity index (χ2n) is 8.17. The van der Waals surface area contributed by atoms with E-state index in [0.29, 0.717) is 6.61 Å². The van der Waals surface area contributed by atoms with Crippen LogP contribution in [0.5, 0.6) is 0 Å². The summed E-state index contributed by atoms with van der Waals surface area (Å²) in [7, 11) is 0. The fourth-order valence-corrected chi connectivity index (χ4v) is 3.46. The number of carbonyl (C=O) groups is 1. The van der Waals surface area contributed by atoms with Crippen molar-refractivity contribution >= 4 is 5.91 Å². The van der Waals surface area contributed by atoms with Crippen molar-refractivity contribution in [2.45, 2.75) is 107 Å². The molecule has 0 saturated carbocycles. The lowest BCUT2D eigenvalue weighted by atomic mass is 9.87. The molecule has 170 valence electrons. The largest absolute Gasteiger partial charge is 0.375 e. The Morgan fingerprint density at radius 3 is 1.82 bits per heavy atom. The molecule has 0 aromatic carbocycles. The maximum atomic E-state index is 12.9. The zero-order valence-corrected chi connectivity index (χ0v) is 21.0. The maximum absolute atomic E-state index is 12.9. The predicted octanol–water partition coefficient (Wildman–Crippen LogP) is 5.99. The molecule has 1 fully saturated rings. The van der Waals surface area contributed by atoms with Gasteiger partial charge in [0.15, 0.2) is 0 Å². The van der Waals surface area contributed by atoms with Crippen LogP contribution in [0.3, 0.4) is 0 Å². The molecule has 0 aromatic heterocycles. The number of hydrogen-bond acceptors (Lipinski definition) is 3. The first-order valence-corrected chi connectivity index (χ1v) is 11.9. The Kier molecular flexibility index (Phi) is 17.1. The second kappa shape index (κ2) is 16.2. The van der Waals surface area contributed by atoms with Crippen LogP contribution >= 0.6 is 0 Å². The number of ether oxygens (including phenoxy) is 1. The summed E-state index contributed by atoms with van der Waals surface area (Å²) < 4.78 is 6.16. The first-order valence-electron chi connectivity index (χ1n) is 11.9. The SMILES string of the molecule is CC.CC.CCCN1CCN(C(=O)C(C)(C)CCOC(C)(CC)CCC)CC1. The summed E-state index contributed by atoms with van der Waals surface area (Å²) in [6.07, 6.45) is 5.21. The average Bonchev–Trinajstić information content (AvgIpc) is 2.71. The highest BCUT2D eigenvalue weighted by molar-refractivity contribution is 5.82. The van der Waals surface area contributed by atoms with E-state index in [9.17, 15) is 4.79 Å². The van der Waals surface area contributed by atoms with Crippen LogP contribution in [0.4, 0.5) is 0 Å². The molecule has 1 unspecified atom stereocenters. The number of piperazine rings is 1. The van der Waals surface area contributed by atoms with Crippen LogP contribution in [0.2, 0.25) is 0 Å². The number of nitrogens with zero attached hydrogens (tertiary/aromatic N) is 2. The minimum atomic E-state index is -0.339. The van der Waals surface area contributed by atoms with Crippen molar-refractivity contribution in [2.24, 2.45) is 5.41 Å². The minimum absolute atomic E-state index is 0.0420. The fourth-order valence-electron chi connectivity index (χ4n) is 3.46. The highest BCUT2D eigenvalue weighted by Crippen LogP contribution is 2.27. The Labute approximate surface area is 177 Å². The van der Waals surface area contributed by atoms with Crippen LogP contribution in [0.1, 0.15) is 101 Å². The van der Waals surface area contributed by atoms with E-state index < -0.39 is 0 Å². The zero-order valence-electron chi connectivity index (χ0n) is 21.0. The Morgan fingerprint density at radius 1 is 0.857 bits per heavy atom. The molecule has 0 bridgehead atoms. The average molecular weight is 401 g/mol. The van der Waals surface area contributed by atoms with Crippen LogP contribution in [0.25, 0.3) is 0 Å². The third-order valence-electron chi connectivity index (χ3n) is 5.48. The Morgan fingerprint density at radius 2 is 1.39 bits per heavy atom. The Bertz CT molecular complexity index is 377. The van der Waals surface area contributed by atoms with Crippen LogP contribution in [0, 0.1) is 5.41 Å². The van der Waals surface area contributed by atoms with Gasteiger partial charge in [0.2, 0.25) is 5.91 Å². The van der Waals surface area contributed by atoms with E-state index in [-0.39, 0.29) is 16.9 Å². The summed E-state index contributed by atoms with van der Waals surface area (Å²) in [5.74, 6) is 0.288. The number of carbonyl (C=O) groups excluding carboxylic acids is 1. The van der Waals surface area contributed by atoms with Gasteiger partial charge in [-0.05, 0) is 39.2 Å². The van der Waals surface area contributed by atoms with E-state index >= 15 is 0 Å². The van der Waals surface area contributed by atoms with Gasteiger partial charge in [-0.2, -0.15) is 0 Å². The van der Waals surface area contributed by atoms with Crippen LogP contribution < -0.4 is 0 Å². The molecule has 1 saturated heterocycles. The molecule has 0 spiro atoms. The quantitative estimate of drug-likeness (QED) is 0.451. The van der Waals surface area contributed by atoms with Gasteiger partial charge in [0.25, 0.3) is 0 Å². The lowest BCUT2D eigenvalue weighted by Crippen LogP contribution is -2.52. The van der Waals surface area contributed by atoms with Crippen molar-refractivity contribution in [1.82, 2.24) is 9.80 Å². The topological polar surface area (TPSA) is 32.8 Å². The van der Waals surface area contributed by atoms with Gasteiger partial charge in [-0.25, -0.2) is 0 Å². The monoisotopic (exact) mass is 400 g/mol. The highest BCUT2D eigenvalue weighted by atomic mass is 16.5. The summed E-state index contributed by atoms with van der Waals surface area (Å²) in [6.45, 7) is 26.5. The van der Waals surface area contributed by atoms with Crippen molar-refractivity contribution in [1.29, 1.82) is 0 Å². The molecule has 1 aliphatic heterocycles. The molecule has 1 amide bonds. The van der Waals surface area contributed by atoms with Crippen molar-refractivity contribution in [3.63, 3.8) is 0 Å². The van der Waals surface area contributed by atoms with Gasteiger partial charge in [-0.1, -0.05) is 68.7 Å². The van der Waals surface area contributed by atoms with E-state index in [1.807, 2.05) is 27.7 Å². The van der Waals surface area contributed by atoms with Gasteiger partial charge in [-0.3, -0.25) is 9.69 Å². The van der Waals surface area contributed by atoms with Crippen molar-refractivity contribution in [3.05, 3.63) is 0 Å². The number of rotatable bonds is 10. The molecule has 1 heterocycles. The number of hydrogen-bond donors (Lipinski definition) is 0. The molecule has 4 nitrogen and oxygen atoms in total. The molecular weight excluding hydrogens is 348 g/mol. The first-order chi connectivity index (χ1) is 13.3. The second-order valence-corrected chi connectivity index (χ2v) is 8.17. The summed E-state index contributed by atoms with van der Waals surface area (Å²) in [5, 5.41) is 0. The molecule has 4 heteroatoms. The summed E-state index contributed by atoms with van der Waals surface area (Å²) in [4.78, 5) is 17.4. The Hall–Kier alpha value is -0.610. The van der Waals surface area contributed by atoms with E-state index in [1.165, 1.54) is 6.42 Å². The summed E-state index contributed by atoms with van der Waals surface area (Å²) in [6, 6.07) is 0. The third kappa shape index (κ3) is 10.8. The molecule has 0 radical (unpaired) electrons. The Balaban J connectivity index is 0. The fraction of sp³-hybridized carbons (Fsp3) is 0.958. The predicted molar refractivity (Wildman–Crippen MR) is 124 cm³/mol. The van der Waals surface area contributed by atoms with Crippen LogP contribution in [0.15, 0.2) is 0 Å². The van der Waals surface area contributed by atoms with Crippen LogP contribution in [-0.2, 0) is 9.53 Å². The normalized spacial score (nSPS) is 17.0. The van der Waals surface area contributed by atoms with Crippen molar-refractivity contribution in [2.75, 3.05) is 39.3 Å². The molecule has 0 aliphatic carbocycles. The molecule has 0 N–H and O–H groups in total. The summed E-state index contributed by atoms with van der Waals surface area (Å²) >= 11 is 0. The molecule has 0 aromatic rings. The molecular formula is C24H52N2O2. The minimum Gasteiger partial charge on any atom is -0.375 e. The van der Waals surface area contributed by atoms with E-state index in [4.69, 9.17) is 4.74 Å². The van der Waals surface area contributed by atoms with Crippen molar-refractivity contribution < 1.29 is 9.53 Å². The van der Waals surface area contributed by atoms with Gasteiger partial charge in [0.05, 0.1) is 5.60 Å². The van der Waals surface area contributed by atoms with Gasteiger partial charge >= 0.3 is 0 Å². The van der Waals surface area contributed by atoms with E-state index in [1.54, 1.807) is 0 Å². The smallest absolute Gasteiger partial charge is 0.228 e. The maximum Gasteiger partial charge on any atom is 0.228 e. The summed E-state index contributed by atoms with van der Waals surface area (Å²) in [5.41, 5.74) is -0.381. The van der Waals surface area contributed by atoms with Crippen LogP contribution in [-0.4, -0.2) is 60.6 Å². The van der Waals surface area contributed by atoms with E-state index in [2.05, 4.69) is 51.3 Å². The third-order valence-corrected chi connectivity index (χ3v) is 5.48. The van der Waals surface area contributed by atoms with Gasteiger partial charge < -0.3 is 9.64 Å². The molecule has 28 heavy (non-hydrogen) atoms. The molecule has 1 rings (SSSR count). The number of amides is 1. The highest BCUT2D eigenvalue weighted by Gasteiger charge is 2.34. The van der Waals surface area contributed by atoms with E-state index in [0.717, 1.165) is 58.4 Å². The first kappa shape index (κ1) is 29.6. The lowest BCUT2D eigenvalue weighted by molar-refractivity contribution is -0.144. The molecule has 1 atom stereocenters. The van der Waals surface area contributed by atoms with Gasteiger partial charge in [0, 0.05) is 38.2 Å². The molecule has 1 aliphatic rings. The van der Waals surface area contributed by atoms with Gasteiger partial charge in [0.1, 0.15) is 0 Å². The van der Waals surface area contributed by atoms with Crippen molar-refractivity contribution in [3.8, 4) is 0 Å². The standard InChI is InChI=1S/C20H40N2O2.2C2H6/c1-7-10-20(6,9-3)24-17-11-19(4,5)18(23)22-15-13-21(12-8-2)14-16-22;2*1-2/h7-17H2,1-6H3;2*1-2H3. The zero-order chi connectivity index (χ0) is 22.2. The van der Waals surface area contributed by atoms with Gasteiger partial charge in [-0.15, -0.1) is 0 Å². The lowest BCUT2D eigenvalue weighted by Gasteiger charge is -2.39.